The molecule has 1 N–H and O–H groups in total. The fourth-order valence-corrected chi connectivity index (χ4v) is 6.52. The highest BCUT2D eigenvalue weighted by atomic mass is 35.5. The van der Waals surface area contributed by atoms with Gasteiger partial charge in [0.2, 0.25) is 21.6 Å². The number of anilines is 1. The van der Waals surface area contributed by atoms with Gasteiger partial charge in [0.25, 0.3) is 0 Å². The number of benzene rings is 4. The summed E-state index contributed by atoms with van der Waals surface area (Å²) in [6.07, 6.45) is 0.254. The Morgan fingerprint density at radius 1 is 0.829 bits per heavy atom. The molecule has 4 aromatic rings. The first-order chi connectivity index (χ1) is 19.5. The number of nitrogens with zero attached hydrogens (tertiary/aromatic N) is 2. The van der Waals surface area contributed by atoms with Crippen molar-refractivity contribution in [3.05, 3.63) is 135 Å². The van der Waals surface area contributed by atoms with E-state index in [0.29, 0.717) is 16.9 Å². The summed E-state index contributed by atoms with van der Waals surface area (Å²) in [5.74, 6) is -0.279. The summed E-state index contributed by atoms with van der Waals surface area (Å²) in [7, 11) is -4.02. The summed E-state index contributed by atoms with van der Waals surface area (Å²) < 4.78 is 29.5. The average molecular weight is 607 g/mol. The van der Waals surface area contributed by atoms with E-state index in [9.17, 15) is 13.2 Å². The smallest absolute Gasteiger partial charge is 0.245 e. The van der Waals surface area contributed by atoms with Gasteiger partial charge < -0.3 is 5.32 Å². The maximum absolute atomic E-state index is 14.1. The fourth-order valence-electron chi connectivity index (χ4n) is 4.36. The average Bonchev–Trinajstić information content (AvgIpc) is 2.95. The van der Waals surface area contributed by atoms with Crippen molar-refractivity contribution < 1.29 is 13.2 Å². The summed E-state index contributed by atoms with van der Waals surface area (Å²) in [6.45, 7) is 11.0. The zero-order chi connectivity index (χ0) is 29.6. The van der Waals surface area contributed by atoms with E-state index >= 15 is 0 Å². The normalized spacial score (nSPS) is 11.7. The number of carbonyl (C=O) groups is 1. The zero-order valence-electron chi connectivity index (χ0n) is 22.6. The molecule has 0 saturated heterocycles. The van der Waals surface area contributed by atoms with Crippen LogP contribution in [0.5, 0.6) is 0 Å². The topological polar surface area (TPSA) is 70.8 Å². The lowest BCUT2D eigenvalue weighted by atomic mass is 9.84. The summed E-state index contributed by atoms with van der Waals surface area (Å²) in [6, 6.07) is 28.3. The van der Waals surface area contributed by atoms with E-state index < -0.39 is 15.4 Å². The van der Waals surface area contributed by atoms with Crippen molar-refractivity contribution in [3.63, 3.8) is 0 Å². The molecule has 1 amide bonds. The molecule has 9 heteroatoms. The molecule has 0 unspecified atom stereocenters. The lowest BCUT2D eigenvalue weighted by molar-refractivity contribution is -0.123. The summed E-state index contributed by atoms with van der Waals surface area (Å²) in [5.41, 5.74) is 2.20. The third kappa shape index (κ3) is 7.55. The van der Waals surface area contributed by atoms with Crippen LogP contribution in [-0.4, -0.2) is 18.6 Å². The third-order valence-corrected chi connectivity index (χ3v) is 9.18. The van der Waals surface area contributed by atoms with E-state index in [1.165, 1.54) is 10.4 Å². The van der Waals surface area contributed by atoms with Crippen molar-refractivity contribution in [2.45, 2.75) is 38.3 Å². The fraction of sp³-hybridized carbons (Fsp3) is 0.188. The number of hydrogen-bond acceptors (Lipinski definition) is 3. The Balaban J connectivity index is 1.61. The molecule has 0 atom stereocenters. The lowest BCUT2D eigenvalue weighted by Crippen LogP contribution is -2.33. The van der Waals surface area contributed by atoms with Crippen LogP contribution in [-0.2, 0) is 34.3 Å². The molecule has 210 valence electrons. The third-order valence-electron chi connectivity index (χ3n) is 6.60. The largest absolute Gasteiger partial charge is 0.326 e. The Labute approximate surface area is 251 Å². The Kier molecular flexibility index (Phi) is 9.52. The maximum Gasteiger partial charge on any atom is 0.245 e. The van der Waals surface area contributed by atoms with Crippen molar-refractivity contribution >= 4 is 50.5 Å². The summed E-state index contributed by atoms with van der Waals surface area (Å²) >= 11 is 12.6. The molecule has 0 bridgehead atoms. The number of halogens is 2. The van der Waals surface area contributed by atoms with E-state index in [1.54, 1.807) is 44.2 Å². The molecule has 0 radical (unpaired) electrons. The standard InChI is InChI=1S/C32H29Cl2N3O3S/c1-32(2,31(38)36-26-15-17-29(35-3)28(34)19-26)20-25-14-16-27(33)30(18-25)41(39,40)37(21-23-10-6-4-7-11-23)22-24-12-8-5-9-13-24/h4-19H,20-22H2,1-2H3,(H,36,38). The highest BCUT2D eigenvalue weighted by Crippen LogP contribution is 2.33. The minimum atomic E-state index is -4.02. The van der Waals surface area contributed by atoms with Gasteiger partial charge in [-0.2, -0.15) is 4.31 Å². The van der Waals surface area contributed by atoms with Gasteiger partial charge >= 0.3 is 0 Å². The van der Waals surface area contributed by atoms with E-state index in [2.05, 4.69) is 10.2 Å². The summed E-state index contributed by atoms with van der Waals surface area (Å²) in [5, 5.41) is 3.20. The van der Waals surface area contributed by atoms with Crippen LogP contribution in [0.4, 0.5) is 11.4 Å². The van der Waals surface area contributed by atoms with Gasteiger partial charge in [-0.05, 0) is 47.4 Å². The number of carbonyl (C=O) groups excluding carboxylic acids is 1. The molecule has 0 spiro atoms. The molecular formula is C32H29Cl2N3O3S. The van der Waals surface area contributed by atoms with Gasteiger partial charge in [0.05, 0.1) is 11.6 Å². The highest BCUT2D eigenvalue weighted by molar-refractivity contribution is 7.89. The number of sulfonamides is 1. The van der Waals surface area contributed by atoms with Crippen molar-refractivity contribution in [3.8, 4) is 0 Å². The van der Waals surface area contributed by atoms with Gasteiger partial charge in [-0.3, -0.25) is 4.79 Å². The minimum absolute atomic E-state index is 0.0127. The summed E-state index contributed by atoms with van der Waals surface area (Å²) in [4.78, 5) is 16.5. The van der Waals surface area contributed by atoms with Gasteiger partial charge in [-0.15, -0.1) is 0 Å². The molecule has 0 aromatic heterocycles. The van der Waals surface area contributed by atoms with Gasteiger partial charge in [0.1, 0.15) is 4.90 Å². The van der Waals surface area contributed by atoms with Crippen LogP contribution in [0.25, 0.3) is 4.85 Å². The van der Waals surface area contributed by atoms with Gasteiger partial charge in [0.15, 0.2) is 0 Å². The van der Waals surface area contributed by atoms with Crippen LogP contribution in [0, 0.1) is 12.0 Å². The minimum Gasteiger partial charge on any atom is -0.326 e. The second-order valence-electron chi connectivity index (χ2n) is 10.3. The van der Waals surface area contributed by atoms with E-state index in [4.69, 9.17) is 29.8 Å². The first-order valence-corrected chi connectivity index (χ1v) is 15.0. The Bertz CT molecular complexity index is 1650. The SMILES string of the molecule is [C-]#[N+]c1ccc(NC(=O)C(C)(C)Cc2ccc(Cl)c(S(=O)(=O)N(Cc3ccccc3)Cc3ccccc3)c2)cc1Cl. The Morgan fingerprint density at radius 2 is 1.41 bits per heavy atom. The lowest BCUT2D eigenvalue weighted by Gasteiger charge is -2.26. The number of hydrogen-bond donors (Lipinski definition) is 1. The molecule has 6 nitrogen and oxygen atoms in total. The van der Waals surface area contributed by atoms with Crippen LogP contribution in [0.1, 0.15) is 30.5 Å². The Hall–Kier alpha value is -3.67. The maximum atomic E-state index is 14.1. The highest BCUT2D eigenvalue weighted by Gasteiger charge is 2.31. The second-order valence-corrected chi connectivity index (χ2v) is 13.0. The van der Waals surface area contributed by atoms with Crippen molar-refractivity contribution in [2.75, 3.05) is 5.32 Å². The van der Waals surface area contributed by atoms with Gasteiger partial charge in [0, 0.05) is 29.2 Å². The number of rotatable bonds is 10. The molecular weight excluding hydrogens is 577 g/mol. The van der Waals surface area contributed by atoms with Crippen LogP contribution >= 0.6 is 23.2 Å². The molecule has 41 heavy (non-hydrogen) atoms. The van der Waals surface area contributed by atoms with Crippen LogP contribution < -0.4 is 5.32 Å². The predicted molar refractivity (Wildman–Crippen MR) is 165 cm³/mol. The molecule has 0 fully saturated rings. The van der Waals surface area contributed by atoms with Gasteiger partial charge in [-0.25, -0.2) is 13.3 Å². The number of nitrogens with one attached hydrogen (secondary N) is 1. The Morgan fingerprint density at radius 3 is 1.95 bits per heavy atom. The van der Waals surface area contributed by atoms with Crippen molar-refractivity contribution in [2.24, 2.45) is 5.41 Å². The first-order valence-electron chi connectivity index (χ1n) is 12.8. The molecule has 0 heterocycles. The monoisotopic (exact) mass is 605 g/mol. The van der Waals surface area contributed by atoms with E-state index in [1.807, 2.05) is 60.7 Å². The zero-order valence-corrected chi connectivity index (χ0v) is 25.0. The first kappa shape index (κ1) is 30.3. The number of amides is 1. The second kappa shape index (κ2) is 12.9. The molecule has 0 aliphatic rings. The molecule has 0 saturated carbocycles. The van der Waals surface area contributed by atoms with Crippen LogP contribution in [0.3, 0.4) is 0 Å². The predicted octanol–water partition coefficient (Wildman–Crippen LogP) is 8.14. The van der Waals surface area contributed by atoms with Crippen LogP contribution in [0.15, 0.2) is 102 Å². The molecule has 0 aliphatic heterocycles. The van der Waals surface area contributed by atoms with E-state index in [-0.39, 0.29) is 40.4 Å². The quantitative estimate of drug-likeness (QED) is 0.185. The molecule has 4 rings (SSSR count). The van der Waals surface area contributed by atoms with Gasteiger partial charge in [-0.1, -0.05) is 110 Å². The molecule has 0 aliphatic carbocycles. The van der Waals surface area contributed by atoms with Crippen LogP contribution in [0.2, 0.25) is 10.0 Å². The van der Waals surface area contributed by atoms with E-state index in [0.717, 1.165) is 11.1 Å². The van der Waals surface area contributed by atoms with Crippen molar-refractivity contribution in [1.82, 2.24) is 4.31 Å². The van der Waals surface area contributed by atoms with Crippen molar-refractivity contribution in [1.29, 1.82) is 0 Å². The molecule has 4 aromatic carbocycles.